The molecule has 24 heavy (non-hydrogen) atoms. The third-order valence-electron chi connectivity index (χ3n) is 4.28. The average Bonchev–Trinajstić information content (AvgIpc) is 2.90. The smallest absolute Gasteiger partial charge is 0.223 e. The van der Waals surface area contributed by atoms with Gasteiger partial charge in [-0.3, -0.25) is 4.98 Å². The van der Waals surface area contributed by atoms with Gasteiger partial charge in [0.1, 0.15) is 0 Å². The minimum atomic E-state index is -0.422. The third-order valence-corrected chi connectivity index (χ3v) is 4.28. The molecule has 1 atom stereocenters. The molecule has 0 amide bonds. The monoisotopic (exact) mass is 327 g/mol. The fourth-order valence-corrected chi connectivity index (χ4v) is 3.01. The molecule has 0 saturated carbocycles. The number of anilines is 1. The second kappa shape index (κ2) is 8.70. The Balaban J connectivity index is 1.52. The summed E-state index contributed by atoms with van der Waals surface area (Å²) in [7, 11) is 0. The summed E-state index contributed by atoms with van der Waals surface area (Å²) >= 11 is 0. The number of nitrogens with one attached hydrogen (secondary N) is 1. The first-order valence-corrected chi connectivity index (χ1v) is 8.69. The van der Waals surface area contributed by atoms with E-state index in [0.29, 0.717) is 19.0 Å². The molecule has 6 nitrogen and oxygen atoms in total. The minimum Gasteiger partial charge on any atom is -0.390 e. The molecule has 0 radical (unpaired) electrons. The van der Waals surface area contributed by atoms with E-state index in [1.165, 1.54) is 25.7 Å². The van der Waals surface area contributed by atoms with Crippen LogP contribution < -0.4 is 5.32 Å². The Morgan fingerprint density at radius 3 is 2.71 bits per heavy atom. The third kappa shape index (κ3) is 4.97. The van der Waals surface area contributed by atoms with Gasteiger partial charge in [-0.2, -0.15) is 0 Å². The van der Waals surface area contributed by atoms with Crippen LogP contribution in [0.3, 0.4) is 0 Å². The van der Waals surface area contributed by atoms with Crippen molar-refractivity contribution in [1.29, 1.82) is 0 Å². The molecule has 1 saturated heterocycles. The summed E-state index contributed by atoms with van der Waals surface area (Å²) in [4.78, 5) is 15.2. The Morgan fingerprint density at radius 2 is 1.96 bits per heavy atom. The van der Waals surface area contributed by atoms with Gasteiger partial charge >= 0.3 is 0 Å². The zero-order chi connectivity index (χ0) is 16.6. The lowest BCUT2D eigenvalue weighted by Crippen LogP contribution is -2.36. The van der Waals surface area contributed by atoms with Crippen molar-refractivity contribution in [3.05, 3.63) is 36.8 Å². The van der Waals surface area contributed by atoms with Crippen LogP contribution in [0.4, 0.5) is 5.95 Å². The van der Waals surface area contributed by atoms with Crippen molar-refractivity contribution >= 4 is 5.95 Å². The van der Waals surface area contributed by atoms with Crippen LogP contribution in [0.1, 0.15) is 25.7 Å². The molecule has 3 heterocycles. The van der Waals surface area contributed by atoms with Crippen molar-refractivity contribution < 1.29 is 5.11 Å². The van der Waals surface area contributed by atoms with Gasteiger partial charge in [-0.15, -0.1) is 0 Å². The molecule has 1 aliphatic rings. The van der Waals surface area contributed by atoms with Crippen molar-refractivity contribution in [3.8, 4) is 11.3 Å². The molecule has 0 spiro atoms. The molecule has 3 rings (SSSR count). The summed E-state index contributed by atoms with van der Waals surface area (Å²) in [6.45, 7) is 3.33. The number of nitrogens with zero attached hydrogens (tertiary/aromatic N) is 4. The Morgan fingerprint density at radius 1 is 1.12 bits per heavy atom. The van der Waals surface area contributed by atoms with Crippen LogP contribution in [0.2, 0.25) is 0 Å². The van der Waals surface area contributed by atoms with Gasteiger partial charge in [-0.1, -0.05) is 12.8 Å². The number of β-amino-alcohol motifs (C(OH)–C–C–N with tert-alkyl or cyclic N) is 1. The van der Waals surface area contributed by atoms with E-state index in [-0.39, 0.29) is 0 Å². The molecule has 128 valence electrons. The predicted molar refractivity (Wildman–Crippen MR) is 94.7 cm³/mol. The lowest BCUT2D eigenvalue weighted by atomic mass is 10.2. The topological polar surface area (TPSA) is 74.2 Å². The average molecular weight is 327 g/mol. The number of hydrogen-bond donors (Lipinski definition) is 2. The van der Waals surface area contributed by atoms with Gasteiger partial charge in [0.15, 0.2) is 0 Å². The fourth-order valence-electron chi connectivity index (χ4n) is 3.01. The van der Waals surface area contributed by atoms with E-state index in [0.717, 1.165) is 24.3 Å². The van der Waals surface area contributed by atoms with Crippen molar-refractivity contribution in [1.82, 2.24) is 19.9 Å². The molecule has 1 aliphatic heterocycles. The summed E-state index contributed by atoms with van der Waals surface area (Å²) < 4.78 is 0. The van der Waals surface area contributed by atoms with E-state index in [4.69, 9.17) is 0 Å². The summed E-state index contributed by atoms with van der Waals surface area (Å²) in [6.07, 6.45) is 9.89. The lowest BCUT2D eigenvalue weighted by molar-refractivity contribution is 0.124. The first kappa shape index (κ1) is 16.8. The molecule has 0 bridgehead atoms. The fraction of sp³-hybridized carbons (Fsp3) is 0.500. The quantitative estimate of drug-likeness (QED) is 0.847. The number of likely N-dealkylation sites (tertiary alicyclic amines) is 1. The number of aromatic nitrogens is 3. The predicted octanol–water partition coefficient (Wildman–Crippen LogP) is 2.19. The first-order valence-electron chi connectivity index (χ1n) is 8.69. The Labute approximate surface area is 143 Å². The van der Waals surface area contributed by atoms with Gasteiger partial charge in [0, 0.05) is 37.2 Å². The van der Waals surface area contributed by atoms with Gasteiger partial charge in [-0.25, -0.2) is 9.97 Å². The maximum atomic E-state index is 10.3. The maximum absolute atomic E-state index is 10.3. The van der Waals surface area contributed by atoms with E-state index in [9.17, 15) is 5.11 Å². The lowest BCUT2D eigenvalue weighted by Gasteiger charge is -2.23. The SMILES string of the molecule is O[C@@H](CNc1nccc(-c2cccnc2)n1)CN1CCCCCC1. The second-order valence-corrected chi connectivity index (χ2v) is 6.26. The molecular formula is C18H25N5O. The van der Waals surface area contributed by atoms with Crippen LogP contribution in [-0.2, 0) is 0 Å². The zero-order valence-electron chi connectivity index (χ0n) is 13.9. The molecule has 0 aromatic carbocycles. The van der Waals surface area contributed by atoms with Gasteiger partial charge < -0.3 is 15.3 Å². The molecule has 1 fully saturated rings. The van der Waals surface area contributed by atoms with Crippen LogP contribution >= 0.6 is 0 Å². The summed E-state index contributed by atoms with van der Waals surface area (Å²) in [5.74, 6) is 0.534. The molecular weight excluding hydrogens is 302 g/mol. The van der Waals surface area contributed by atoms with Crippen molar-refractivity contribution in [2.75, 3.05) is 31.5 Å². The highest BCUT2D eigenvalue weighted by atomic mass is 16.3. The largest absolute Gasteiger partial charge is 0.390 e. The van der Waals surface area contributed by atoms with Crippen LogP contribution in [0, 0.1) is 0 Å². The van der Waals surface area contributed by atoms with Gasteiger partial charge in [-0.05, 0) is 44.1 Å². The van der Waals surface area contributed by atoms with Crippen molar-refractivity contribution in [3.63, 3.8) is 0 Å². The van der Waals surface area contributed by atoms with Gasteiger partial charge in [0.2, 0.25) is 5.95 Å². The van der Waals surface area contributed by atoms with E-state index in [2.05, 4.69) is 25.2 Å². The molecule has 2 aromatic heterocycles. The maximum Gasteiger partial charge on any atom is 0.223 e. The first-order chi connectivity index (χ1) is 11.8. The van der Waals surface area contributed by atoms with Crippen molar-refractivity contribution in [2.45, 2.75) is 31.8 Å². The van der Waals surface area contributed by atoms with Crippen LogP contribution in [-0.4, -0.2) is 57.2 Å². The van der Waals surface area contributed by atoms with Crippen LogP contribution in [0.15, 0.2) is 36.8 Å². The number of aliphatic hydroxyl groups is 1. The number of aliphatic hydroxyl groups excluding tert-OH is 1. The second-order valence-electron chi connectivity index (χ2n) is 6.26. The highest BCUT2D eigenvalue weighted by Gasteiger charge is 2.14. The van der Waals surface area contributed by atoms with E-state index < -0.39 is 6.10 Å². The summed E-state index contributed by atoms with van der Waals surface area (Å²) in [5.41, 5.74) is 1.77. The normalized spacial score (nSPS) is 17.2. The summed E-state index contributed by atoms with van der Waals surface area (Å²) in [5, 5.41) is 13.4. The standard InChI is InChI=1S/C18H25N5O/c24-16(14-23-10-3-1-2-4-11-23)13-21-18-20-9-7-17(22-18)15-6-5-8-19-12-15/h5-9,12,16,24H,1-4,10-11,13-14H2,(H,20,21,22)/t16-/m0/s1. The van der Waals surface area contributed by atoms with Crippen LogP contribution in [0.25, 0.3) is 11.3 Å². The van der Waals surface area contributed by atoms with Gasteiger partial charge in [0.05, 0.1) is 11.8 Å². The number of hydrogen-bond acceptors (Lipinski definition) is 6. The molecule has 2 N–H and O–H groups in total. The highest BCUT2D eigenvalue weighted by Crippen LogP contribution is 2.16. The Hall–Kier alpha value is -2.05. The Bertz CT molecular complexity index is 614. The van der Waals surface area contributed by atoms with Gasteiger partial charge in [0.25, 0.3) is 0 Å². The highest BCUT2D eigenvalue weighted by molar-refractivity contribution is 5.58. The molecule has 6 heteroatoms. The zero-order valence-corrected chi connectivity index (χ0v) is 13.9. The molecule has 2 aromatic rings. The van der Waals surface area contributed by atoms with E-state index in [1.54, 1.807) is 18.6 Å². The minimum absolute atomic E-state index is 0.422. The summed E-state index contributed by atoms with van der Waals surface area (Å²) in [6, 6.07) is 5.71. The molecule has 0 unspecified atom stereocenters. The number of rotatable bonds is 6. The number of pyridine rings is 1. The Kier molecular flexibility index (Phi) is 6.09. The van der Waals surface area contributed by atoms with E-state index in [1.807, 2.05) is 18.2 Å². The van der Waals surface area contributed by atoms with Crippen molar-refractivity contribution in [2.24, 2.45) is 0 Å². The van der Waals surface area contributed by atoms with Crippen LogP contribution in [0.5, 0.6) is 0 Å². The molecule has 0 aliphatic carbocycles. The van der Waals surface area contributed by atoms with E-state index >= 15 is 0 Å².